The lowest BCUT2D eigenvalue weighted by molar-refractivity contribution is -0.299. The molecule has 7 nitrogen and oxygen atoms in total. The lowest BCUT2D eigenvalue weighted by Gasteiger charge is -2.38. The van der Waals surface area contributed by atoms with E-state index in [1.165, 1.54) is 0 Å². The second-order valence-corrected chi connectivity index (χ2v) is 7.71. The van der Waals surface area contributed by atoms with Gasteiger partial charge in [-0.1, -0.05) is 36.4 Å². The molecule has 2 saturated heterocycles. The van der Waals surface area contributed by atoms with Crippen LogP contribution >= 0.6 is 0 Å². The first-order valence-corrected chi connectivity index (χ1v) is 9.88. The Morgan fingerprint density at radius 3 is 2.20 bits per heavy atom. The zero-order valence-corrected chi connectivity index (χ0v) is 16.9. The summed E-state index contributed by atoms with van der Waals surface area (Å²) >= 11 is 0. The van der Waals surface area contributed by atoms with Crippen LogP contribution in [-0.2, 0) is 23.7 Å². The Hall–Kier alpha value is -2.74. The number of benzene rings is 2. The summed E-state index contributed by atoms with van der Waals surface area (Å²) in [7, 11) is 0. The smallest absolute Gasteiger partial charge is 0.338 e. The number of rotatable bonds is 5. The van der Waals surface area contributed by atoms with Crippen molar-refractivity contribution in [2.75, 3.05) is 13.2 Å². The minimum atomic E-state index is -0.836. The van der Waals surface area contributed by atoms with Gasteiger partial charge in [0.1, 0.15) is 24.9 Å². The third-order valence-electron chi connectivity index (χ3n) is 5.06. The van der Waals surface area contributed by atoms with Gasteiger partial charge >= 0.3 is 11.9 Å². The summed E-state index contributed by atoms with van der Waals surface area (Å²) in [6.07, 6.45) is -2.36. The summed E-state index contributed by atoms with van der Waals surface area (Å²) in [5.74, 6) is -1.80. The fourth-order valence-corrected chi connectivity index (χ4v) is 3.58. The van der Waals surface area contributed by atoms with Gasteiger partial charge < -0.3 is 23.7 Å². The summed E-state index contributed by atoms with van der Waals surface area (Å²) in [6, 6.07) is 17.4. The third-order valence-corrected chi connectivity index (χ3v) is 5.06. The van der Waals surface area contributed by atoms with E-state index in [1.807, 2.05) is 12.1 Å². The normalized spacial score (nSPS) is 27.1. The predicted molar refractivity (Wildman–Crippen MR) is 106 cm³/mol. The Bertz CT molecular complexity index is 881. The molecule has 0 spiro atoms. The highest BCUT2D eigenvalue weighted by atomic mass is 16.7. The van der Waals surface area contributed by atoms with E-state index in [1.54, 1.807) is 62.4 Å². The van der Waals surface area contributed by atoms with Gasteiger partial charge in [-0.3, -0.25) is 0 Å². The summed E-state index contributed by atoms with van der Waals surface area (Å²) < 4.78 is 28.9. The fourth-order valence-electron chi connectivity index (χ4n) is 3.58. The minimum absolute atomic E-state index is 0.0722. The van der Waals surface area contributed by atoms with E-state index < -0.39 is 42.1 Å². The van der Waals surface area contributed by atoms with E-state index in [2.05, 4.69) is 0 Å². The highest BCUT2D eigenvalue weighted by Crippen LogP contribution is 2.35. The fraction of sp³-hybridized carbons (Fsp3) is 0.391. The molecular formula is C23H24O7. The summed E-state index contributed by atoms with van der Waals surface area (Å²) in [5, 5.41) is 0. The lowest BCUT2D eigenvalue weighted by atomic mass is 10.1. The van der Waals surface area contributed by atoms with Crippen molar-refractivity contribution in [3.63, 3.8) is 0 Å². The molecule has 0 aliphatic carbocycles. The first-order chi connectivity index (χ1) is 14.4. The van der Waals surface area contributed by atoms with Gasteiger partial charge in [-0.2, -0.15) is 0 Å². The molecule has 2 heterocycles. The molecule has 0 aromatic heterocycles. The minimum Gasteiger partial charge on any atom is -0.459 e. The van der Waals surface area contributed by atoms with Gasteiger partial charge in [0, 0.05) is 0 Å². The molecular weight excluding hydrogens is 388 g/mol. The largest absolute Gasteiger partial charge is 0.459 e. The van der Waals surface area contributed by atoms with Gasteiger partial charge in [0.05, 0.1) is 17.7 Å². The molecule has 4 atom stereocenters. The predicted octanol–water partition coefficient (Wildman–Crippen LogP) is 2.99. The van der Waals surface area contributed by atoms with Gasteiger partial charge in [-0.15, -0.1) is 0 Å². The Balaban J connectivity index is 1.49. The van der Waals surface area contributed by atoms with Crippen LogP contribution in [0.1, 0.15) is 34.6 Å². The number of hydrogen-bond donors (Lipinski definition) is 0. The van der Waals surface area contributed by atoms with Crippen molar-refractivity contribution in [3.8, 4) is 0 Å². The molecule has 4 rings (SSSR count). The van der Waals surface area contributed by atoms with Crippen LogP contribution in [0.25, 0.3) is 0 Å². The zero-order valence-electron chi connectivity index (χ0n) is 16.9. The number of carbonyl (C=O) groups is 2. The van der Waals surface area contributed by atoms with Gasteiger partial charge in [0.2, 0.25) is 0 Å². The Morgan fingerprint density at radius 1 is 0.967 bits per heavy atom. The van der Waals surface area contributed by atoms with Crippen LogP contribution in [0.2, 0.25) is 0 Å². The van der Waals surface area contributed by atoms with Gasteiger partial charge in [0.25, 0.3) is 0 Å². The molecule has 0 amide bonds. The Labute approximate surface area is 174 Å². The van der Waals surface area contributed by atoms with E-state index in [4.69, 9.17) is 23.7 Å². The summed E-state index contributed by atoms with van der Waals surface area (Å²) in [4.78, 5) is 25.0. The first kappa shape index (κ1) is 20.5. The third kappa shape index (κ3) is 4.53. The van der Waals surface area contributed by atoms with Crippen LogP contribution in [0, 0.1) is 0 Å². The van der Waals surface area contributed by atoms with Crippen LogP contribution in [0.4, 0.5) is 0 Å². The van der Waals surface area contributed by atoms with E-state index in [-0.39, 0.29) is 6.61 Å². The molecule has 0 unspecified atom stereocenters. The molecule has 158 valence electrons. The SMILES string of the molecule is CC1(C)OC[C@@H]2O[C@@H](COC(=O)c3ccccc3)[C@@H](OC(=O)c3ccccc3)[C@@H]2O1. The Morgan fingerprint density at radius 2 is 1.57 bits per heavy atom. The number of fused-ring (bicyclic) bond motifs is 1. The quantitative estimate of drug-likeness (QED) is 0.699. The van der Waals surface area contributed by atoms with Crippen molar-refractivity contribution in [3.05, 3.63) is 71.8 Å². The van der Waals surface area contributed by atoms with E-state index >= 15 is 0 Å². The van der Waals surface area contributed by atoms with Crippen LogP contribution in [0.5, 0.6) is 0 Å². The zero-order chi connectivity index (χ0) is 21.1. The topological polar surface area (TPSA) is 80.3 Å². The van der Waals surface area contributed by atoms with Crippen LogP contribution in [0.15, 0.2) is 60.7 Å². The maximum absolute atomic E-state index is 12.7. The van der Waals surface area contributed by atoms with Crippen molar-refractivity contribution < 1.29 is 33.3 Å². The summed E-state index contributed by atoms with van der Waals surface area (Å²) in [5.41, 5.74) is 0.860. The molecule has 2 aliphatic rings. The number of carbonyl (C=O) groups excluding carboxylic acids is 2. The molecule has 0 radical (unpaired) electrons. The molecule has 7 heteroatoms. The van der Waals surface area contributed by atoms with Crippen molar-refractivity contribution in [2.45, 2.75) is 44.1 Å². The van der Waals surface area contributed by atoms with E-state index in [0.29, 0.717) is 17.7 Å². The molecule has 0 saturated carbocycles. The standard InChI is InChI=1S/C23H24O7/c1-23(2)27-14-18-20(30-23)19(29-22(25)16-11-7-4-8-12-16)17(28-18)13-26-21(24)15-9-5-3-6-10-15/h3-12,17-20H,13-14H2,1-2H3/t17-,18-,19+,20+/m0/s1. The van der Waals surface area contributed by atoms with E-state index in [0.717, 1.165) is 0 Å². The molecule has 30 heavy (non-hydrogen) atoms. The molecule has 2 aromatic rings. The van der Waals surface area contributed by atoms with Crippen molar-refractivity contribution in [1.82, 2.24) is 0 Å². The molecule has 2 aromatic carbocycles. The second kappa shape index (κ2) is 8.55. The van der Waals surface area contributed by atoms with Crippen molar-refractivity contribution in [1.29, 1.82) is 0 Å². The average molecular weight is 412 g/mol. The first-order valence-electron chi connectivity index (χ1n) is 9.88. The molecule has 0 bridgehead atoms. The van der Waals surface area contributed by atoms with Crippen LogP contribution in [0.3, 0.4) is 0 Å². The van der Waals surface area contributed by atoms with E-state index in [9.17, 15) is 9.59 Å². The molecule has 0 N–H and O–H groups in total. The number of esters is 2. The summed E-state index contributed by atoms with van der Waals surface area (Å²) in [6.45, 7) is 3.81. The highest BCUT2D eigenvalue weighted by molar-refractivity contribution is 5.90. The maximum atomic E-state index is 12.7. The van der Waals surface area contributed by atoms with Gasteiger partial charge in [0.15, 0.2) is 11.9 Å². The average Bonchev–Trinajstić information content (AvgIpc) is 3.08. The molecule has 2 aliphatic heterocycles. The number of hydrogen-bond acceptors (Lipinski definition) is 7. The lowest BCUT2D eigenvalue weighted by Crippen LogP contribution is -2.51. The van der Waals surface area contributed by atoms with Crippen molar-refractivity contribution >= 4 is 11.9 Å². The molecule has 2 fully saturated rings. The van der Waals surface area contributed by atoms with Gasteiger partial charge in [-0.25, -0.2) is 9.59 Å². The van der Waals surface area contributed by atoms with Crippen molar-refractivity contribution in [2.24, 2.45) is 0 Å². The second-order valence-electron chi connectivity index (χ2n) is 7.71. The Kier molecular flexibility index (Phi) is 5.85. The number of ether oxygens (including phenoxy) is 5. The van der Waals surface area contributed by atoms with Gasteiger partial charge in [-0.05, 0) is 38.1 Å². The monoisotopic (exact) mass is 412 g/mol. The highest BCUT2D eigenvalue weighted by Gasteiger charge is 2.53. The maximum Gasteiger partial charge on any atom is 0.338 e. The van der Waals surface area contributed by atoms with Crippen LogP contribution in [-0.4, -0.2) is 55.4 Å². The van der Waals surface area contributed by atoms with Crippen LogP contribution < -0.4 is 0 Å².